The molecule has 0 amide bonds. The molecule has 2 aromatic rings. The third-order valence-corrected chi connectivity index (χ3v) is 5.28. The molecule has 0 aliphatic rings. The number of imidazole rings is 2. The first-order valence-corrected chi connectivity index (χ1v) is 9.69. The Morgan fingerprint density at radius 2 is 1.24 bits per heavy atom. The van der Waals surface area contributed by atoms with Gasteiger partial charge in [0.05, 0.1) is 0 Å². The van der Waals surface area contributed by atoms with Crippen molar-refractivity contribution in [3.8, 4) is 0 Å². The molecule has 0 spiro atoms. The molecule has 0 saturated heterocycles. The summed E-state index contributed by atoms with van der Waals surface area (Å²) in [6.45, 7) is 9.97. The van der Waals surface area contributed by atoms with Crippen LogP contribution in [0.25, 0.3) is 0 Å². The topological polar surface area (TPSA) is 38.9 Å². The number of hydrogen-bond acceptors (Lipinski definition) is 3. The average Bonchev–Trinajstić information content (AvgIpc) is 3.09. The first-order chi connectivity index (χ1) is 12.0. The van der Waals surface area contributed by atoms with Crippen LogP contribution in [0.3, 0.4) is 0 Å². The Morgan fingerprint density at radius 1 is 0.800 bits per heavy atom. The summed E-state index contributed by atoms with van der Waals surface area (Å²) in [5.41, 5.74) is 2.69. The second-order valence-corrected chi connectivity index (χ2v) is 7.11. The molecule has 0 fully saturated rings. The normalized spacial score (nSPS) is 11.6. The van der Waals surface area contributed by atoms with E-state index in [0.717, 1.165) is 24.5 Å². The minimum atomic E-state index is 1.10. The maximum absolute atomic E-state index is 4.40. The Labute approximate surface area is 153 Å². The summed E-state index contributed by atoms with van der Waals surface area (Å²) in [6, 6.07) is 0. The zero-order chi connectivity index (χ0) is 18.2. The van der Waals surface area contributed by atoms with Gasteiger partial charge in [0, 0.05) is 37.9 Å². The fourth-order valence-corrected chi connectivity index (χ4v) is 3.25. The van der Waals surface area contributed by atoms with Gasteiger partial charge in [-0.25, -0.2) is 9.97 Å². The molecule has 0 aliphatic heterocycles. The minimum Gasteiger partial charge on any atom is -0.335 e. The van der Waals surface area contributed by atoms with Crippen LogP contribution in [0.15, 0.2) is 12.4 Å². The predicted octanol–water partition coefficient (Wildman–Crippen LogP) is 3.44. The molecule has 2 rings (SSSR count). The molecule has 5 heteroatoms. The van der Waals surface area contributed by atoms with E-state index in [4.69, 9.17) is 0 Å². The highest BCUT2D eigenvalue weighted by molar-refractivity contribution is 5.04. The Kier molecular flexibility index (Phi) is 7.69. The third kappa shape index (κ3) is 5.70. The van der Waals surface area contributed by atoms with Crippen LogP contribution >= 0.6 is 0 Å². The number of nitrogens with zero attached hydrogens (tertiary/aromatic N) is 5. The lowest BCUT2D eigenvalue weighted by Gasteiger charge is -2.22. The van der Waals surface area contributed by atoms with E-state index < -0.39 is 0 Å². The fourth-order valence-electron chi connectivity index (χ4n) is 3.25. The largest absolute Gasteiger partial charge is 0.335 e. The lowest BCUT2D eigenvalue weighted by Crippen LogP contribution is -2.28. The molecule has 140 valence electrons. The van der Waals surface area contributed by atoms with Gasteiger partial charge in [0.25, 0.3) is 0 Å². The van der Waals surface area contributed by atoms with Crippen LogP contribution in [0.4, 0.5) is 0 Å². The van der Waals surface area contributed by atoms with E-state index in [-0.39, 0.29) is 0 Å². The molecule has 0 radical (unpaired) electrons. The first-order valence-electron chi connectivity index (χ1n) is 9.69. The van der Waals surface area contributed by atoms with Crippen molar-refractivity contribution in [1.82, 2.24) is 24.0 Å². The third-order valence-electron chi connectivity index (χ3n) is 5.28. The SMILES string of the molecule is CCCCN(CCCc1cnc(C)n1C)CCCc1cnc(C)n1C. The van der Waals surface area contributed by atoms with Crippen molar-refractivity contribution in [2.45, 2.75) is 59.3 Å². The van der Waals surface area contributed by atoms with Gasteiger partial charge in [0.1, 0.15) is 11.6 Å². The molecule has 0 aliphatic carbocycles. The van der Waals surface area contributed by atoms with Gasteiger partial charge in [0.2, 0.25) is 0 Å². The van der Waals surface area contributed by atoms with Crippen LogP contribution in [0.2, 0.25) is 0 Å². The molecule has 0 unspecified atom stereocenters. The van der Waals surface area contributed by atoms with E-state index in [1.807, 2.05) is 12.4 Å². The van der Waals surface area contributed by atoms with Crippen molar-refractivity contribution in [1.29, 1.82) is 0 Å². The van der Waals surface area contributed by atoms with Crippen molar-refractivity contribution in [2.24, 2.45) is 14.1 Å². The van der Waals surface area contributed by atoms with E-state index in [2.05, 4.69) is 58.9 Å². The average molecular weight is 346 g/mol. The zero-order valence-corrected chi connectivity index (χ0v) is 16.8. The molecule has 0 N–H and O–H groups in total. The Bertz CT molecular complexity index is 588. The zero-order valence-electron chi connectivity index (χ0n) is 16.8. The molecule has 2 aromatic heterocycles. The fraction of sp³-hybridized carbons (Fsp3) is 0.700. The quantitative estimate of drug-likeness (QED) is 0.626. The number of aromatic nitrogens is 4. The molecular weight excluding hydrogens is 310 g/mol. The van der Waals surface area contributed by atoms with E-state index in [0.29, 0.717) is 0 Å². The van der Waals surface area contributed by atoms with Crippen LogP contribution in [-0.2, 0) is 26.9 Å². The van der Waals surface area contributed by atoms with Crippen molar-refractivity contribution in [3.05, 3.63) is 35.4 Å². The Hall–Kier alpha value is -1.62. The first kappa shape index (κ1) is 19.7. The van der Waals surface area contributed by atoms with E-state index >= 15 is 0 Å². The van der Waals surface area contributed by atoms with Crippen molar-refractivity contribution in [2.75, 3.05) is 19.6 Å². The number of unbranched alkanes of at least 4 members (excludes halogenated alkanes) is 1. The van der Waals surface area contributed by atoms with Crippen molar-refractivity contribution < 1.29 is 0 Å². The minimum absolute atomic E-state index is 1.10. The highest BCUT2D eigenvalue weighted by Gasteiger charge is 2.08. The van der Waals surface area contributed by atoms with Gasteiger partial charge in [-0.15, -0.1) is 0 Å². The molecule has 0 bridgehead atoms. The standard InChI is InChI=1S/C20H35N5/c1-6-7-12-25(13-8-10-19-15-21-17(2)23(19)4)14-9-11-20-16-22-18(3)24(20)5/h15-16H,6-14H2,1-5H3. The monoisotopic (exact) mass is 345 g/mol. The van der Waals surface area contributed by atoms with Gasteiger partial charge in [-0.1, -0.05) is 13.3 Å². The Morgan fingerprint density at radius 3 is 1.60 bits per heavy atom. The van der Waals surface area contributed by atoms with Gasteiger partial charge in [-0.2, -0.15) is 0 Å². The number of aryl methyl sites for hydroxylation is 4. The molecule has 0 saturated carbocycles. The second kappa shape index (κ2) is 9.76. The summed E-state index contributed by atoms with van der Waals surface area (Å²) in [4.78, 5) is 11.4. The van der Waals surface area contributed by atoms with Crippen LogP contribution in [0.1, 0.15) is 55.6 Å². The summed E-state index contributed by atoms with van der Waals surface area (Å²) in [7, 11) is 4.23. The highest BCUT2D eigenvalue weighted by atomic mass is 15.1. The van der Waals surface area contributed by atoms with Gasteiger partial charge in [0.15, 0.2) is 0 Å². The lowest BCUT2D eigenvalue weighted by molar-refractivity contribution is 0.262. The van der Waals surface area contributed by atoms with Gasteiger partial charge in [-0.05, 0) is 65.6 Å². The predicted molar refractivity (Wildman–Crippen MR) is 104 cm³/mol. The molecular formula is C20H35N5. The summed E-state index contributed by atoms with van der Waals surface area (Å²) in [5, 5.41) is 0. The Balaban J connectivity index is 1.77. The summed E-state index contributed by atoms with van der Waals surface area (Å²) < 4.78 is 4.42. The van der Waals surface area contributed by atoms with Crippen LogP contribution in [-0.4, -0.2) is 43.6 Å². The number of rotatable bonds is 11. The van der Waals surface area contributed by atoms with Crippen LogP contribution in [0, 0.1) is 13.8 Å². The van der Waals surface area contributed by atoms with E-state index in [9.17, 15) is 0 Å². The van der Waals surface area contributed by atoms with Crippen molar-refractivity contribution >= 4 is 0 Å². The maximum atomic E-state index is 4.40. The maximum Gasteiger partial charge on any atom is 0.105 e. The smallest absolute Gasteiger partial charge is 0.105 e. The van der Waals surface area contributed by atoms with E-state index in [1.165, 1.54) is 56.7 Å². The highest BCUT2D eigenvalue weighted by Crippen LogP contribution is 2.09. The molecule has 0 atom stereocenters. The second-order valence-electron chi connectivity index (χ2n) is 7.11. The lowest BCUT2D eigenvalue weighted by atomic mass is 10.2. The summed E-state index contributed by atoms with van der Waals surface area (Å²) in [5.74, 6) is 2.20. The summed E-state index contributed by atoms with van der Waals surface area (Å²) in [6.07, 6.45) is 11.2. The van der Waals surface area contributed by atoms with Crippen LogP contribution < -0.4 is 0 Å². The van der Waals surface area contributed by atoms with Crippen LogP contribution in [0.5, 0.6) is 0 Å². The van der Waals surface area contributed by atoms with Gasteiger partial charge >= 0.3 is 0 Å². The number of hydrogen-bond donors (Lipinski definition) is 0. The van der Waals surface area contributed by atoms with Crippen molar-refractivity contribution in [3.63, 3.8) is 0 Å². The molecule has 5 nitrogen and oxygen atoms in total. The summed E-state index contributed by atoms with van der Waals surface area (Å²) >= 11 is 0. The molecule has 2 heterocycles. The molecule has 25 heavy (non-hydrogen) atoms. The van der Waals surface area contributed by atoms with Gasteiger partial charge < -0.3 is 14.0 Å². The van der Waals surface area contributed by atoms with Gasteiger partial charge in [-0.3, -0.25) is 0 Å². The van der Waals surface area contributed by atoms with E-state index in [1.54, 1.807) is 0 Å². The molecule has 0 aromatic carbocycles.